The minimum Gasteiger partial charge on any atom is -0.454 e. The summed E-state index contributed by atoms with van der Waals surface area (Å²) in [5.41, 5.74) is 0.825. The van der Waals surface area contributed by atoms with E-state index in [0.29, 0.717) is 5.02 Å². The van der Waals surface area contributed by atoms with E-state index in [1.54, 1.807) is 0 Å². The van der Waals surface area contributed by atoms with Crippen LogP contribution in [0.2, 0.25) is 5.02 Å². The molecule has 80 valence electrons. The van der Waals surface area contributed by atoms with Gasteiger partial charge in [0, 0.05) is 15.8 Å². The number of aromatic nitrogens is 1. The van der Waals surface area contributed by atoms with Crippen LogP contribution in [-0.2, 0) is 0 Å². The smallest absolute Gasteiger partial charge is 0.164 e. The van der Waals surface area contributed by atoms with Crippen molar-refractivity contribution in [1.82, 2.24) is 4.98 Å². The summed E-state index contributed by atoms with van der Waals surface area (Å²) in [5, 5.41) is 4.49. The Balaban J connectivity index is 2.18. The average molecular weight is 315 g/mol. The van der Waals surface area contributed by atoms with Gasteiger partial charge < -0.3 is 4.42 Å². The molecule has 2 aromatic heterocycles. The van der Waals surface area contributed by atoms with Gasteiger partial charge in [-0.2, -0.15) is 0 Å². The van der Waals surface area contributed by atoms with Crippen molar-refractivity contribution in [2.24, 2.45) is 0 Å². The van der Waals surface area contributed by atoms with Crippen LogP contribution < -0.4 is 0 Å². The minimum absolute atomic E-state index is 0.708. The molecule has 1 aromatic carbocycles. The van der Waals surface area contributed by atoms with Gasteiger partial charge in [0.2, 0.25) is 0 Å². The lowest BCUT2D eigenvalue weighted by Gasteiger charge is -1.88. The summed E-state index contributed by atoms with van der Waals surface area (Å²) in [6.45, 7) is 0. The molecule has 0 fully saturated rings. The first-order valence-corrected chi connectivity index (χ1v) is 6.58. The standard InChI is InChI=1S/C11H5BrClNOS/c12-10-5-16-11(14-10)9-4-6-3-7(13)1-2-8(6)15-9/h1-5H. The first kappa shape index (κ1) is 10.3. The second kappa shape index (κ2) is 3.87. The fourth-order valence-electron chi connectivity index (χ4n) is 1.49. The molecule has 0 saturated carbocycles. The van der Waals surface area contributed by atoms with E-state index in [1.807, 2.05) is 29.6 Å². The van der Waals surface area contributed by atoms with Crippen LogP contribution in [0.25, 0.3) is 21.7 Å². The van der Waals surface area contributed by atoms with E-state index in [-0.39, 0.29) is 0 Å². The molecule has 0 saturated heterocycles. The van der Waals surface area contributed by atoms with E-state index in [0.717, 1.165) is 26.3 Å². The van der Waals surface area contributed by atoms with Gasteiger partial charge in [0.15, 0.2) is 10.8 Å². The van der Waals surface area contributed by atoms with Crippen LogP contribution in [0.4, 0.5) is 0 Å². The van der Waals surface area contributed by atoms with Gasteiger partial charge in [-0.25, -0.2) is 4.98 Å². The Morgan fingerprint density at radius 1 is 1.31 bits per heavy atom. The molecule has 2 nitrogen and oxygen atoms in total. The maximum atomic E-state index is 5.92. The Morgan fingerprint density at radius 2 is 2.19 bits per heavy atom. The van der Waals surface area contributed by atoms with Crippen molar-refractivity contribution in [3.8, 4) is 10.8 Å². The molecule has 0 aliphatic heterocycles. The van der Waals surface area contributed by atoms with Crippen LogP contribution in [0.15, 0.2) is 38.7 Å². The monoisotopic (exact) mass is 313 g/mol. The molecule has 3 aromatic rings. The molecular formula is C11H5BrClNOS. The summed E-state index contributed by atoms with van der Waals surface area (Å²) >= 11 is 10.8. The summed E-state index contributed by atoms with van der Waals surface area (Å²) in [6.07, 6.45) is 0. The van der Waals surface area contributed by atoms with Gasteiger partial charge in [-0.3, -0.25) is 0 Å². The molecule has 0 N–H and O–H groups in total. The minimum atomic E-state index is 0.708. The van der Waals surface area contributed by atoms with Crippen molar-refractivity contribution in [3.63, 3.8) is 0 Å². The largest absolute Gasteiger partial charge is 0.454 e. The molecule has 0 spiro atoms. The van der Waals surface area contributed by atoms with Crippen molar-refractivity contribution in [2.45, 2.75) is 0 Å². The van der Waals surface area contributed by atoms with Crippen molar-refractivity contribution >= 4 is 49.8 Å². The van der Waals surface area contributed by atoms with E-state index in [2.05, 4.69) is 20.9 Å². The SMILES string of the molecule is Clc1ccc2oc(-c3nc(Br)cs3)cc2c1. The molecule has 16 heavy (non-hydrogen) atoms. The van der Waals surface area contributed by atoms with Gasteiger partial charge in [-0.15, -0.1) is 11.3 Å². The number of nitrogens with zero attached hydrogens (tertiary/aromatic N) is 1. The van der Waals surface area contributed by atoms with Crippen LogP contribution in [-0.4, -0.2) is 4.98 Å². The zero-order chi connectivity index (χ0) is 11.1. The van der Waals surface area contributed by atoms with Crippen molar-refractivity contribution in [1.29, 1.82) is 0 Å². The summed E-state index contributed by atoms with van der Waals surface area (Å²) < 4.78 is 6.52. The zero-order valence-corrected chi connectivity index (χ0v) is 11.1. The molecule has 5 heteroatoms. The first-order valence-electron chi connectivity index (χ1n) is 4.53. The number of fused-ring (bicyclic) bond motifs is 1. The highest BCUT2D eigenvalue weighted by Gasteiger charge is 2.09. The summed E-state index contributed by atoms with van der Waals surface area (Å²) in [7, 11) is 0. The Bertz CT molecular complexity index is 661. The summed E-state index contributed by atoms with van der Waals surface area (Å²) in [6, 6.07) is 7.51. The van der Waals surface area contributed by atoms with Crippen molar-refractivity contribution < 1.29 is 4.42 Å². The molecule has 0 radical (unpaired) electrons. The molecule has 2 heterocycles. The summed E-state index contributed by atoms with van der Waals surface area (Å²) in [4.78, 5) is 4.31. The molecule has 0 atom stereocenters. The highest BCUT2D eigenvalue weighted by Crippen LogP contribution is 2.32. The van der Waals surface area contributed by atoms with Gasteiger partial charge >= 0.3 is 0 Å². The van der Waals surface area contributed by atoms with E-state index in [4.69, 9.17) is 16.0 Å². The Hall–Kier alpha value is -0.840. The maximum absolute atomic E-state index is 5.92. The third kappa shape index (κ3) is 1.77. The number of hydrogen-bond donors (Lipinski definition) is 0. The topological polar surface area (TPSA) is 26.0 Å². The predicted octanol–water partition coefficient (Wildman–Crippen LogP) is 4.97. The van der Waals surface area contributed by atoms with Gasteiger partial charge in [0.05, 0.1) is 0 Å². The zero-order valence-electron chi connectivity index (χ0n) is 7.91. The van der Waals surface area contributed by atoms with Crippen LogP contribution in [0.1, 0.15) is 0 Å². The van der Waals surface area contributed by atoms with Crippen LogP contribution in [0.3, 0.4) is 0 Å². The number of rotatable bonds is 1. The first-order chi connectivity index (χ1) is 7.72. The number of hydrogen-bond acceptors (Lipinski definition) is 3. The Kier molecular flexibility index (Phi) is 2.50. The van der Waals surface area contributed by atoms with Gasteiger partial charge in [0.1, 0.15) is 10.2 Å². The molecule has 0 amide bonds. The van der Waals surface area contributed by atoms with E-state index >= 15 is 0 Å². The molecule has 0 aliphatic carbocycles. The third-order valence-electron chi connectivity index (χ3n) is 2.17. The molecular weight excluding hydrogens is 310 g/mol. The van der Waals surface area contributed by atoms with Gasteiger partial charge in [-0.1, -0.05) is 11.6 Å². The fraction of sp³-hybridized carbons (Fsp3) is 0. The van der Waals surface area contributed by atoms with Crippen LogP contribution in [0, 0.1) is 0 Å². The second-order valence-electron chi connectivity index (χ2n) is 3.27. The molecule has 3 rings (SSSR count). The normalized spacial score (nSPS) is 11.1. The Labute approximate surface area is 109 Å². The van der Waals surface area contributed by atoms with Gasteiger partial charge in [0.25, 0.3) is 0 Å². The van der Waals surface area contributed by atoms with Gasteiger partial charge in [-0.05, 0) is 40.2 Å². The average Bonchev–Trinajstić information content (AvgIpc) is 2.83. The quantitative estimate of drug-likeness (QED) is 0.633. The lowest BCUT2D eigenvalue weighted by atomic mass is 10.2. The van der Waals surface area contributed by atoms with Crippen LogP contribution >= 0.6 is 38.9 Å². The lowest BCUT2D eigenvalue weighted by Crippen LogP contribution is -1.68. The van der Waals surface area contributed by atoms with Crippen LogP contribution in [0.5, 0.6) is 0 Å². The van der Waals surface area contributed by atoms with E-state index in [9.17, 15) is 0 Å². The number of thiazole rings is 1. The molecule has 0 unspecified atom stereocenters. The Morgan fingerprint density at radius 3 is 2.94 bits per heavy atom. The second-order valence-corrected chi connectivity index (χ2v) is 5.38. The summed E-state index contributed by atoms with van der Waals surface area (Å²) in [5.74, 6) is 0.771. The maximum Gasteiger partial charge on any atom is 0.164 e. The fourth-order valence-corrected chi connectivity index (χ4v) is 2.87. The van der Waals surface area contributed by atoms with Crippen molar-refractivity contribution in [2.75, 3.05) is 0 Å². The number of furan rings is 1. The molecule has 0 bridgehead atoms. The predicted molar refractivity (Wildman–Crippen MR) is 70.0 cm³/mol. The number of benzene rings is 1. The highest BCUT2D eigenvalue weighted by atomic mass is 79.9. The van der Waals surface area contributed by atoms with Crippen molar-refractivity contribution in [3.05, 3.63) is 39.3 Å². The molecule has 0 aliphatic rings. The lowest BCUT2D eigenvalue weighted by molar-refractivity contribution is 0.631. The highest BCUT2D eigenvalue weighted by molar-refractivity contribution is 9.10. The third-order valence-corrected chi connectivity index (χ3v) is 3.97. The number of halogens is 2. The van der Waals surface area contributed by atoms with E-state index < -0.39 is 0 Å². The van der Waals surface area contributed by atoms with E-state index in [1.165, 1.54) is 11.3 Å².